The number of anilines is 1. The van der Waals surface area contributed by atoms with Crippen LogP contribution in [-0.4, -0.2) is 32.0 Å². The normalized spacial score (nSPS) is 16.8. The minimum absolute atomic E-state index is 0.0402. The van der Waals surface area contributed by atoms with Crippen LogP contribution in [0.3, 0.4) is 0 Å². The van der Waals surface area contributed by atoms with Crippen molar-refractivity contribution in [3.05, 3.63) is 59.7 Å². The second-order valence-electron chi connectivity index (χ2n) is 7.63. The van der Waals surface area contributed by atoms with Gasteiger partial charge in [0.1, 0.15) is 11.2 Å². The number of ether oxygens (including phenoxy) is 1. The lowest BCUT2D eigenvalue weighted by Gasteiger charge is -2.32. The fourth-order valence-electron chi connectivity index (χ4n) is 3.95. The molecule has 1 aliphatic carbocycles. The highest BCUT2D eigenvalue weighted by Gasteiger charge is 2.58. The molecule has 0 aromatic heterocycles. The largest absolute Gasteiger partial charge is 0.497 e. The van der Waals surface area contributed by atoms with E-state index in [9.17, 15) is 9.59 Å². The predicted octanol–water partition coefficient (Wildman–Crippen LogP) is 3.11. The Morgan fingerprint density at radius 1 is 1.11 bits per heavy atom. The molecule has 5 heteroatoms. The molecule has 5 nitrogen and oxygen atoms in total. The SMILES string of the molecule is COc1ccc(CCNC(=O)C2(C(=O)N3CCCc4ccccc43)CC2)cc1. The Bertz CT molecular complexity index is 872. The molecule has 0 atom stereocenters. The molecule has 1 N–H and O–H groups in total. The molecular weight excluding hydrogens is 352 g/mol. The van der Waals surface area contributed by atoms with Gasteiger partial charge in [-0.1, -0.05) is 30.3 Å². The zero-order valence-corrected chi connectivity index (χ0v) is 16.2. The van der Waals surface area contributed by atoms with Crippen molar-refractivity contribution in [1.29, 1.82) is 0 Å². The van der Waals surface area contributed by atoms with E-state index in [1.165, 1.54) is 5.56 Å². The van der Waals surface area contributed by atoms with E-state index in [1.54, 1.807) is 7.11 Å². The van der Waals surface area contributed by atoms with Gasteiger partial charge in [0, 0.05) is 18.8 Å². The van der Waals surface area contributed by atoms with E-state index in [-0.39, 0.29) is 11.8 Å². The molecular formula is C23H26N2O3. The molecule has 0 bridgehead atoms. The van der Waals surface area contributed by atoms with Crippen LogP contribution in [0, 0.1) is 5.41 Å². The number of nitrogens with one attached hydrogen (secondary N) is 1. The number of carbonyl (C=O) groups excluding carboxylic acids is 2. The summed E-state index contributed by atoms with van der Waals surface area (Å²) in [5, 5.41) is 2.99. The summed E-state index contributed by atoms with van der Waals surface area (Å²) in [6, 6.07) is 15.8. The maximum Gasteiger partial charge on any atom is 0.242 e. The van der Waals surface area contributed by atoms with E-state index in [4.69, 9.17) is 4.74 Å². The van der Waals surface area contributed by atoms with Gasteiger partial charge in [0.25, 0.3) is 0 Å². The molecule has 2 aromatic carbocycles. The van der Waals surface area contributed by atoms with E-state index < -0.39 is 5.41 Å². The van der Waals surface area contributed by atoms with Crippen molar-refractivity contribution >= 4 is 17.5 Å². The van der Waals surface area contributed by atoms with Crippen molar-refractivity contribution in [3.8, 4) is 5.75 Å². The standard InChI is InChI=1S/C23H26N2O3/c1-28-19-10-8-17(9-11-19)12-15-24-21(26)23(13-14-23)22(27)25-16-4-6-18-5-2-3-7-20(18)25/h2-3,5,7-11H,4,6,12-16H2,1H3,(H,24,26). The highest BCUT2D eigenvalue weighted by molar-refractivity contribution is 6.14. The smallest absolute Gasteiger partial charge is 0.242 e. The van der Waals surface area contributed by atoms with Gasteiger partial charge in [0.05, 0.1) is 7.11 Å². The minimum Gasteiger partial charge on any atom is -0.497 e. The van der Waals surface area contributed by atoms with Crippen LogP contribution >= 0.6 is 0 Å². The molecule has 1 fully saturated rings. The van der Waals surface area contributed by atoms with E-state index >= 15 is 0 Å². The number of rotatable bonds is 6. The fourth-order valence-corrected chi connectivity index (χ4v) is 3.95. The fraction of sp³-hybridized carbons (Fsp3) is 0.391. The number of benzene rings is 2. The summed E-state index contributed by atoms with van der Waals surface area (Å²) in [6.45, 7) is 1.22. The van der Waals surface area contributed by atoms with Crippen LogP contribution in [0.15, 0.2) is 48.5 Å². The lowest BCUT2D eigenvalue weighted by atomic mass is 9.97. The zero-order chi connectivity index (χ0) is 19.6. The van der Waals surface area contributed by atoms with E-state index in [0.29, 0.717) is 25.9 Å². The van der Waals surface area contributed by atoms with Gasteiger partial charge in [0.2, 0.25) is 11.8 Å². The lowest BCUT2D eigenvalue weighted by Crippen LogP contribution is -2.47. The summed E-state index contributed by atoms with van der Waals surface area (Å²) in [4.78, 5) is 27.9. The molecule has 1 saturated carbocycles. The summed E-state index contributed by atoms with van der Waals surface area (Å²) in [5.74, 6) is 0.646. The van der Waals surface area contributed by atoms with Gasteiger partial charge in [-0.05, 0) is 61.4 Å². The van der Waals surface area contributed by atoms with Crippen molar-refractivity contribution in [1.82, 2.24) is 5.32 Å². The van der Waals surface area contributed by atoms with Gasteiger partial charge in [0.15, 0.2) is 0 Å². The average Bonchev–Trinajstić information content (AvgIpc) is 3.55. The van der Waals surface area contributed by atoms with Gasteiger partial charge in [-0.25, -0.2) is 0 Å². The number of carbonyl (C=O) groups is 2. The summed E-state index contributed by atoms with van der Waals surface area (Å²) >= 11 is 0. The van der Waals surface area contributed by atoms with Gasteiger partial charge < -0.3 is 15.0 Å². The van der Waals surface area contributed by atoms with Crippen LogP contribution in [0.2, 0.25) is 0 Å². The van der Waals surface area contributed by atoms with Crippen molar-refractivity contribution in [2.24, 2.45) is 5.41 Å². The van der Waals surface area contributed by atoms with Crippen molar-refractivity contribution in [2.75, 3.05) is 25.1 Å². The van der Waals surface area contributed by atoms with Crippen LogP contribution < -0.4 is 15.0 Å². The average molecular weight is 378 g/mol. The van der Waals surface area contributed by atoms with Crippen LogP contribution in [0.5, 0.6) is 5.75 Å². The number of para-hydroxylation sites is 1. The molecule has 1 heterocycles. The molecule has 2 aromatic rings. The molecule has 146 valence electrons. The van der Waals surface area contributed by atoms with Crippen LogP contribution in [0.25, 0.3) is 0 Å². The second kappa shape index (κ2) is 7.66. The zero-order valence-electron chi connectivity index (χ0n) is 16.2. The summed E-state index contributed by atoms with van der Waals surface area (Å²) in [6.07, 6.45) is 3.93. The Labute approximate surface area is 165 Å². The molecule has 2 aliphatic rings. The number of nitrogens with zero attached hydrogens (tertiary/aromatic N) is 1. The maximum absolute atomic E-state index is 13.2. The molecule has 0 saturated heterocycles. The van der Waals surface area contributed by atoms with Gasteiger partial charge in [-0.3, -0.25) is 9.59 Å². The molecule has 4 rings (SSSR count). The van der Waals surface area contributed by atoms with Gasteiger partial charge >= 0.3 is 0 Å². The Morgan fingerprint density at radius 3 is 2.57 bits per heavy atom. The van der Waals surface area contributed by atoms with Crippen LogP contribution in [0.1, 0.15) is 30.4 Å². The highest BCUT2D eigenvalue weighted by Crippen LogP contribution is 2.48. The Morgan fingerprint density at radius 2 is 1.86 bits per heavy atom. The Kier molecular flexibility index (Phi) is 5.07. The highest BCUT2D eigenvalue weighted by atomic mass is 16.5. The molecule has 0 unspecified atom stereocenters. The third-order valence-electron chi connectivity index (χ3n) is 5.81. The van der Waals surface area contributed by atoms with E-state index in [1.807, 2.05) is 47.4 Å². The van der Waals surface area contributed by atoms with Crippen LogP contribution in [-0.2, 0) is 22.4 Å². The first-order valence-electron chi connectivity index (χ1n) is 9.95. The van der Waals surface area contributed by atoms with E-state index in [0.717, 1.165) is 36.3 Å². The molecule has 0 spiro atoms. The first-order chi connectivity index (χ1) is 13.6. The minimum atomic E-state index is -0.871. The number of hydrogen-bond donors (Lipinski definition) is 1. The monoisotopic (exact) mass is 378 g/mol. The number of aryl methyl sites for hydroxylation is 1. The van der Waals surface area contributed by atoms with Gasteiger partial charge in [-0.15, -0.1) is 0 Å². The van der Waals surface area contributed by atoms with Gasteiger partial charge in [-0.2, -0.15) is 0 Å². The predicted molar refractivity (Wildman–Crippen MR) is 108 cm³/mol. The summed E-state index contributed by atoms with van der Waals surface area (Å²) < 4.78 is 5.16. The third kappa shape index (κ3) is 3.49. The quantitative estimate of drug-likeness (QED) is 0.786. The van der Waals surface area contributed by atoms with Crippen LogP contribution in [0.4, 0.5) is 5.69 Å². The first kappa shape index (κ1) is 18.5. The lowest BCUT2D eigenvalue weighted by molar-refractivity contribution is -0.135. The topological polar surface area (TPSA) is 58.6 Å². The molecule has 2 amide bonds. The maximum atomic E-state index is 13.2. The van der Waals surface area contributed by atoms with Crippen molar-refractivity contribution in [3.63, 3.8) is 0 Å². The molecule has 28 heavy (non-hydrogen) atoms. The van der Waals surface area contributed by atoms with Crippen molar-refractivity contribution in [2.45, 2.75) is 32.1 Å². The third-order valence-corrected chi connectivity index (χ3v) is 5.81. The van der Waals surface area contributed by atoms with Crippen molar-refractivity contribution < 1.29 is 14.3 Å². The molecule has 1 aliphatic heterocycles. The second-order valence-corrected chi connectivity index (χ2v) is 7.63. The summed E-state index contributed by atoms with van der Waals surface area (Å²) in [7, 11) is 1.64. The Balaban J connectivity index is 1.38. The number of fused-ring (bicyclic) bond motifs is 1. The Hall–Kier alpha value is -2.82. The summed E-state index contributed by atoms with van der Waals surface area (Å²) in [5.41, 5.74) is 2.42. The number of amides is 2. The molecule has 0 radical (unpaired) electrons. The van der Waals surface area contributed by atoms with E-state index in [2.05, 4.69) is 11.4 Å². The first-order valence-corrected chi connectivity index (χ1v) is 9.95. The number of hydrogen-bond acceptors (Lipinski definition) is 3. The number of methoxy groups -OCH3 is 1.